The largest absolute Gasteiger partial charge is 0.372 e. The second kappa shape index (κ2) is 8.15. The molecule has 3 rings (SSSR count). The van der Waals surface area contributed by atoms with E-state index in [-0.39, 0.29) is 18.6 Å². The van der Waals surface area contributed by atoms with E-state index in [1.54, 1.807) is 0 Å². The molecule has 26 heavy (non-hydrogen) atoms. The van der Waals surface area contributed by atoms with E-state index in [0.29, 0.717) is 6.61 Å². The van der Waals surface area contributed by atoms with Crippen LogP contribution in [0.4, 0.5) is 0 Å². The van der Waals surface area contributed by atoms with Crippen LogP contribution < -0.4 is 5.32 Å². The normalized spacial score (nSPS) is 12.3. The van der Waals surface area contributed by atoms with E-state index in [1.165, 1.54) is 5.39 Å². The highest BCUT2D eigenvalue weighted by molar-refractivity contribution is 5.90. The smallest absolute Gasteiger partial charge is 0.246 e. The fourth-order valence-corrected chi connectivity index (χ4v) is 3.15. The second-order valence-electron chi connectivity index (χ2n) is 6.44. The Morgan fingerprint density at radius 2 is 2.00 bits per heavy atom. The summed E-state index contributed by atoms with van der Waals surface area (Å²) in [6.45, 7) is 6.70. The third-order valence-electron chi connectivity index (χ3n) is 4.47. The molecule has 1 aromatic heterocycles. The van der Waals surface area contributed by atoms with Crippen molar-refractivity contribution < 1.29 is 9.53 Å². The van der Waals surface area contributed by atoms with Gasteiger partial charge in [-0.2, -0.15) is 5.10 Å². The molecule has 0 bridgehead atoms. The van der Waals surface area contributed by atoms with Crippen LogP contribution in [-0.4, -0.2) is 28.9 Å². The van der Waals surface area contributed by atoms with Crippen LogP contribution in [0.2, 0.25) is 0 Å². The molecule has 5 nitrogen and oxygen atoms in total. The molecular weight excluding hydrogens is 326 g/mol. The number of fused-ring (bicyclic) bond motifs is 1. The van der Waals surface area contributed by atoms with Gasteiger partial charge in [0.05, 0.1) is 17.9 Å². The maximum Gasteiger partial charge on any atom is 0.246 e. The molecule has 0 fully saturated rings. The van der Waals surface area contributed by atoms with Crippen molar-refractivity contribution in [2.45, 2.75) is 33.2 Å². The number of carbonyl (C=O) groups is 1. The van der Waals surface area contributed by atoms with Gasteiger partial charge < -0.3 is 10.1 Å². The SMILES string of the molecule is CCCOCC(=O)NC(C)c1cnn(-c2cccc3ccccc23)c1C. The van der Waals surface area contributed by atoms with Gasteiger partial charge in [0.2, 0.25) is 5.91 Å². The minimum atomic E-state index is -0.128. The average Bonchev–Trinajstić information content (AvgIpc) is 3.03. The maximum atomic E-state index is 12.0. The fourth-order valence-electron chi connectivity index (χ4n) is 3.15. The molecule has 1 heterocycles. The zero-order chi connectivity index (χ0) is 18.5. The highest BCUT2D eigenvalue weighted by Crippen LogP contribution is 2.25. The van der Waals surface area contributed by atoms with Gasteiger partial charge in [-0.15, -0.1) is 0 Å². The number of amides is 1. The van der Waals surface area contributed by atoms with Crippen molar-refractivity contribution in [1.29, 1.82) is 0 Å². The van der Waals surface area contributed by atoms with Gasteiger partial charge in [0, 0.05) is 23.3 Å². The molecule has 0 aliphatic heterocycles. The Labute approximate surface area is 154 Å². The molecule has 3 aromatic rings. The molecule has 0 aliphatic carbocycles. The average molecular weight is 351 g/mol. The molecule has 1 atom stereocenters. The Bertz CT molecular complexity index is 896. The molecule has 1 unspecified atom stereocenters. The topological polar surface area (TPSA) is 56.1 Å². The third kappa shape index (κ3) is 3.78. The molecule has 1 amide bonds. The summed E-state index contributed by atoms with van der Waals surface area (Å²) in [6, 6.07) is 14.3. The van der Waals surface area contributed by atoms with Crippen molar-refractivity contribution in [2.75, 3.05) is 13.2 Å². The zero-order valence-electron chi connectivity index (χ0n) is 15.5. The number of rotatable bonds is 7. The van der Waals surface area contributed by atoms with Gasteiger partial charge in [0.15, 0.2) is 0 Å². The number of ether oxygens (including phenoxy) is 1. The van der Waals surface area contributed by atoms with Crippen LogP contribution in [0.5, 0.6) is 0 Å². The minimum Gasteiger partial charge on any atom is -0.372 e. The summed E-state index contributed by atoms with van der Waals surface area (Å²) in [5.74, 6) is -0.108. The van der Waals surface area contributed by atoms with E-state index >= 15 is 0 Å². The number of carbonyl (C=O) groups excluding carboxylic acids is 1. The number of hydrogen-bond donors (Lipinski definition) is 1. The van der Waals surface area contributed by atoms with Crippen molar-refractivity contribution in [3.8, 4) is 5.69 Å². The summed E-state index contributed by atoms with van der Waals surface area (Å²) in [5.41, 5.74) is 3.06. The summed E-state index contributed by atoms with van der Waals surface area (Å²) >= 11 is 0. The van der Waals surface area contributed by atoms with Crippen molar-refractivity contribution in [1.82, 2.24) is 15.1 Å². The van der Waals surface area contributed by atoms with Crippen molar-refractivity contribution in [2.24, 2.45) is 0 Å². The number of benzene rings is 2. The number of aromatic nitrogens is 2. The van der Waals surface area contributed by atoms with Crippen LogP contribution in [0.25, 0.3) is 16.5 Å². The van der Waals surface area contributed by atoms with Crippen molar-refractivity contribution in [3.63, 3.8) is 0 Å². The molecule has 2 aromatic carbocycles. The molecule has 0 radical (unpaired) electrons. The zero-order valence-corrected chi connectivity index (χ0v) is 15.5. The van der Waals surface area contributed by atoms with Gasteiger partial charge >= 0.3 is 0 Å². The Kier molecular flexibility index (Phi) is 5.68. The molecule has 0 saturated heterocycles. The lowest BCUT2D eigenvalue weighted by molar-refractivity contribution is -0.126. The van der Waals surface area contributed by atoms with Crippen LogP contribution in [0.3, 0.4) is 0 Å². The maximum absolute atomic E-state index is 12.0. The summed E-state index contributed by atoms with van der Waals surface area (Å²) in [5, 5.41) is 9.88. The lowest BCUT2D eigenvalue weighted by Crippen LogP contribution is -2.30. The molecule has 0 aliphatic rings. The first-order chi connectivity index (χ1) is 12.6. The van der Waals surface area contributed by atoms with E-state index in [9.17, 15) is 4.79 Å². The molecular formula is C21H25N3O2. The Hall–Kier alpha value is -2.66. The lowest BCUT2D eigenvalue weighted by atomic mass is 10.1. The highest BCUT2D eigenvalue weighted by atomic mass is 16.5. The number of nitrogens with one attached hydrogen (secondary N) is 1. The van der Waals surface area contributed by atoms with Crippen LogP contribution in [0.1, 0.15) is 37.6 Å². The quantitative estimate of drug-likeness (QED) is 0.656. The van der Waals surface area contributed by atoms with E-state index in [0.717, 1.165) is 28.8 Å². The predicted molar refractivity (Wildman–Crippen MR) is 103 cm³/mol. The first kappa shape index (κ1) is 18.1. The van der Waals surface area contributed by atoms with E-state index in [2.05, 4.69) is 34.7 Å². The van der Waals surface area contributed by atoms with E-state index in [4.69, 9.17) is 4.74 Å². The van der Waals surface area contributed by atoms with Gasteiger partial charge in [-0.3, -0.25) is 4.79 Å². The summed E-state index contributed by atoms with van der Waals surface area (Å²) < 4.78 is 7.24. The Balaban J connectivity index is 1.82. The number of nitrogens with zero attached hydrogens (tertiary/aromatic N) is 2. The van der Waals surface area contributed by atoms with Crippen LogP contribution >= 0.6 is 0 Å². The summed E-state index contributed by atoms with van der Waals surface area (Å²) in [7, 11) is 0. The molecule has 5 heteroatoms. The van der Waals surface area contributed by atoms with Crippen LogP contribution in [0, 0.1) is 6.92 Å². The van der Waals surface area contributed by atoms with Crippen LogP contribution in [-0.2, 0) is 9.53 Å². The first-order valence-corrected chi connectivity index (χ1v) is 9.01. The second-order valence-corrected chi connectivity index (χ2v) is 6.44. The third-order valence-corrected chi connectivity index (χ3v) is 4.47. The fraction of sp³-hybridized carbons (Fsp3) is 0.333. The van der Waals surface area contributed by atoms with E-state index < -0.39 is 0 Å². The molecule has 136 valence electrons. The Morgan fingerprint density at radius 1 is 1.23 bits per heavy atom. The van der Waals surface area contributed by atoms with Crippen LogP contribution in [0.15, 0.2) is 48.7 Å². The molecule has 1 N–H and O–H groups in total. The predicted octanol–water partition coefficient (Wildman–Crippen LogP) is 3.94. The monoisotopic (exact) mass is 351 g/mol. The molecule has 0 saturated carbocycles. The van der Waals surface area contributed by atoms with Gasteiger partial charge in [0.1, 0.15) is 6.61 Å². The lowest BCUT2D eigenvalue weighted by Gasteiger charge is -2.15. The van der Waals surface area contributed by atoms with Gasteiger partial charge in [0.25, 0.3) is 0 Å². The van der Waals surface area contributed by atoms with E-state index in [1.807, 2.05) is 49.8 Å². The summed E-state index contributed by atoms with van der Waals surface area (Å²) in [6.07, 6.45) is 2.73. The summed E-state index contributed by atoms with van der Waals surface area (Å²) in [4.78, 5) is 12.0. The standard InChI is InChI=1S/C21H25N3O2/c1-4-12-26-14-21(25)23-15(2)19-13-22-24(16(19)3)20-11-7-9-17-8-5-6-10-18(17)20/h5-11,13,15H,4,12,14H2,1-3H3,(H,23,25). The van der Waals surface area contributed by atoms with Crippen molar-refractivity contribution >= 4 is 16.7 Å². The minimum absolute atomic E-state index is 0.0920. The van der Waals surface area contributed by atoms with Gasteiger partial charge in [-0.25, -0.2) is 4.68 Å². The number of hydrogen-bond acceptors (Lipinski definition) is 3. The highest BCUT2D eigenvalue weighted by Gasteiger charge is 2.17. The van der Waals surface area contributed by atoms with Crippen molar-refractivity contribution in [3.05, 3.63) is 59.9 Å². The first-order valence-electron chi connectivity index (χ1n) is 9.01. The van der Waals surface area contributed by atoms with Gasteiger partial charge in [-0.1, -0.05) is 43.3 Å². The van der Waals surface area contributed by atoms with Gasteiger partial charge in [-0.05, 0) is 31.7 Å². The Morgan fingerprint density at radius 3 is 2.81 bits per heavy atom. The molecule has 0 spiro atoms.